The fourth-order valence-corrected chi connectivity index (χ4v) is 3.75. The predicted octanol–water partition coefficient (Wildman–Crippen LogP) is 3.30. The average molecular weight is 266 g/mol. The summed E-state index contributed by atoms with van der Waals surface area (Å²) in [4.78, 5) is 5.76. The van der Waals surface area contributed by atoms with E-state index in [-0.39, 0.29) is 0 Å². The molecule has 1 saturated heterocycles. The summed E-state index contributed by atoms with van der Waals surface area (Å²) in [7, 11) is 0. The van der Waals surface area contributed by atoms with Gasteiger partial charge in [0, 0.05) is 42.0 Å². The smallest absolute Gasteiger partial charge is 0.0445 e. The highest BCUT2D eigenvalue weighted by atomic mass is 32.1. The second kappa shape index (κ2) is 6.69. The third-order valence-corrected chi connectivity index (χ3v) is 4.98. The first-order valence-electron chi connectivity index (χ1n) is 7.24. The molecule has 0 aliphatic carbocycles. The topological polar surface area (TPSA) is 15.3 Å². The molecule has 0 aromatic carbocycles. The second-order valence-corrected chi connectivity index (χ2v) is 6.79. The SMILES string of the molecule is CCc1ccc([C@@H](CC(C)C)N2CCNCC2)s1. The fraction of sp³-hybridized carbons (Fsp3) is 0.733. The van der Waals surface area contributed by atoms with Gasteiger partial charge >= 0.3 is 0 Å². The van der Waals surface area contributed by atoms with Crippen LogP contribution in [-0.4, -0.2) is 31.1 Å². The van der Waals surface area contributed by atoms with Crippen molar-refractivity contribution >= 4 is 11.3 Å². The number of piperazine rings is 1. The van der Waals surface area contributed by atoms with Gasteiger partial charge in [0.2, 0.25) is 0 Å². The Morgan fingerprint density at radius 1 is 1.28 bits per heavy atom. The first-order valence-corrected chi connectivity index (χ1v) is 8.05. The number of nitrogens with one attached hydrogen (secondary N) is 1. The van der Waals surface area contributed by atoms with Gasteiger partial charge in [0.15, 0.2) is 0 Å². The Kier molecular flexibility index (Phi) is 5.22. The van der Waals surface area contributed by atoms with Gasteiger partial charge in [0.05, 0.1) is 0 Å². The molecule has 0 amide bonds. The van der Waals surface area contributed by atoms with E-state index in [9.17, 15) is 0 Å². The van der Waals surface area contributed by atoms with Crippen molar-refractivity contribution in [3.63, 3.8) is 0 Å². The van der Waals surface area contributed by atoms with Gasteiger partial charge in [-0.2, -0.15) is 0 Å². The molecule has 0 saturated carbocycles. The molecule has 102 valence electrons. The van der Waals surface area contributed by atoms with Crippen LogP contribution in [0.25, 0.3) is 0 Å². The maximum absolute atomic E-state index is 3.45. The van der Waals surface area contributed by atoms with E-state index in [1.165, 1.54) is 30.8 Å². The summed E-state index contributed by atoms with van der Waals surface area (Å²) in [5, 5.41) is 3.45. The zero-order chi connectivity index (χ0) is 13.0. The Labute approximate surface area is 115 Å². The van der Waals surface area contributed by atoms with Crippen LogP contribution in [0.3, 0.4) is 0 Å². The van der Waals surface area contributed by atoms with Crippen molar-refractivity contribution in [2.24, 2.45) is 5.92 Å². The van der Waals surface area contributed by atoms with Gasteiger partial charge in [-0.15, -0.1) is 11.3 Å². The molecule has 1 N–H and O–H groups in total. The minimum Gasteiger partial charge on any atom is -0.314 e. The Hall–Kier alpha value is -0.380. The molecule has 1 fully saturated rings. The van der Waals surface area contributed by atoms with Crippen LogP contribution in [0.2, 0.25) is 0 Å². The minimum absolute atomic E-state index is 0.636. The van der Waals surface area contributed by atoms with Gasteiger partial charge in [-0.1, -0.05) is 20.8 Å². The summed E-state index contributed by atoms with van der Waals surface area (Å²) in [6.45, 7) is 11.6. The summed E-state index contributed by atoms with van der Waals surface area (Å²) in [6.07, 6.45) is 2.45. The highest BCUT2D eigenvalue weighted by Crippen LogP contribution is 2.33. The standard InChI is InChI=1S/C15H26N2S/c1-4-13-5-6-15(18-13)14(11-12(2)3)17-9-7-16-8-10-17/h5-6,12,14,16H,4,7-11H2,1-3H3/t14-/m1/s1. The molecule has 0 spiro atoms. The molecule has 0 radical (unpaired) electrons. The number of rotatable bonds is 5. The van der Waals surface area contributed by atoms with Crippen LogP contribution in [0.15, 0.2) is 12.1 Å². The molecule has 1 aromatic rings. The molecular formula is C15H26N2S. The zero-order valence-corrected chi connectivity index (χ0v) is 12.7. The van der Waals surface area contributed by atoms with Gasteiger partial charge in [-0.3, -0.25) is 4.90 Å². The van der Waals surface area contributed by atoms with Gasteiger partial charge in [0.1, 0.15) is 0 Å². The molecule has 0 bridgehead atoms. The Morgan fingerprint density at radius 2 is 2.00 bits per heavy atom. The first kappa shape index (κ1) is 14.0. The van der Waals surface area contributed by atoms with Gasteiger partial charge < -0.3 is 5.32 Å². The van der Waals surface area contributed by atoms with Crippen molar-refractivity contribution in [3.05, 3.63) is 21.9 Å². The first-order chi connectivity index (χ1) is 8.70. The van der Waals surface area contributed by atoms with Gasteiger partial charge in [-0.05, 0) is 30.9 Å². The van der Waals surface area contributed by atoms with Gasteiger partial charge in [-0.25, -0.2) is 0 Å². The van der Waals surface area contributed by atoms with Crippen LogP contribution < -0.4 is 5.32 Å². The highest BCUT2D eigenvalue weighted by molar-refractivity contribution is 7.12. The van der Waals surface area contributed by atoms with Crippen molar-refractivity contribution in [2.45, 2.75) is 39.7 Å². The normalized spacial score (nSPS) is 19.3. The molecule has 1 aliphatic heterocycles. The average Bonchev–Trinajstić information content (AvgIpc) is 2.85. The molecule has 2 heterocycles. The molecule has 2 rings (SSSR count). The predicted molar refractivity (Wildman–Crippen MR) is 80.3 cm³/mol. The minimum atomic E-state index is 0.636. The van der Waals surface area contributed by atoms with Crippen molar-refractivity contribution in [2.75, 3.05) is 26.2 Å². The Balaban J connectivity index is 2.12. The molecule has 1 atom stereocenters. The molecule has 1 aliphatic rings. The van der Waals surface area contributed by atoms with E-state index in [0.29, 0.717) is 6.04 Å². The van der Waals surface area contributed by atoms with Crippen LogP contribution in [0.1, 0.15) is 43.0 Å². The summed E-state index contributed by atoms with van der Waals surface area (Å²) in [5.74, 6) is 0.761. The van der Waals surface area contributed by atoms with E-state index in [0.717, 1.165) is 19.0 Å². The monoisotopic (exact) mass is 266 g/mol. The number of hydrogen-bond acceptors (Lipinski definition) is 3. The Bertz CT molecular complexity index is 353. The van der Waals surface area contributed by atoms with Crippen molar-refractivity contribution in [1.29, 1.82) is 0 Å². The summed E-state index contributed by atoms with van der Waals surface area (Å²) >= 11 is 2.01. The maximum Gasteiger partial charge on any atom is 0.0445 e. The molecular weight excluding hydrogens is 240 g/mol. The third-order valence-electron chi connectivity index (χ3n) is 3.65. The highest BCUT2D eigenvalue weighted by Gasteiger charge is 2.24. The van der Waals surface area contributed by atoms with Crippen molar-refractivity contribution in [1.82, 2.24) is 10.2 Å². The lowest BCUT2D eigenvalue weighted by molar-refractivity contribution is 0.156. The number of nitrogens with zero attached hydrogens (tertiary/aromatic N) is 1. The van der Waals surface area contributed by atoms with E-state index in [4.69, 9.17) is 0 Å². The van der Waals surface area contributed by atoms with E-state index in [1.807, 2.05) is 11.3 Å². The Morgan fingerprint density at radius 3 is 2.56 bits per heavy atom. The third kappa shape index (κ3) is 3.56. The molecule has 18 heavy (non-hydrogen) atoms. The largest absolute Gasteiger partial charge is 0.314 e. The number of thiophene rings is 1. The zero-order valence-electron chi connectivity index (χ0n) is 11.9. The lowest BCUT2D eigenvalue weighted by Crippen LogP contribution is -2.45. The van der Waals surface area contributed by atoms with Crippen LogP contribution in [0, 0.1) is 5.92 Å². The van der Waals surface area contributed by atoms with Gasteiger partial charge in [0.25, 0.3) is 0 Å². The fourth-order valence-electron chi connectivity index (χ4n) is 2.65. The summed E-state index contributed by atoms with van der Waals surface area (Å²) < 4.78 is 0. The summed E-state index contributed by atoms with van der Waals surface area (Å²) in [6, 6.07) is 5.31. The lowest BCUT2D eigenvalue weighted by Gasteiger charge is -2.35. The van der Waals surface area contributed by atoms with Crippen LogP contribution in [-0.2, 0) is 6.42 Å². The van der Waals surface area contributed by atoms with Crippen molar-refractivity contribution in [3.8, 4) is 0 Å². The van der Waals surface area contributed by atoms with Crippen LogP contribution in [0.4, 0.5) is 0 Å². The quantitative estimate of drug-likeness (QED) is 0.879. The molecule has 3 heteroatoms. The van der Waals surface area contributed by atoms with Crippen molar-refractivity contribution < 1.29 is 0 Å². The number of hydrogen-bond donors (Lipinski definition) is 1. The molecule has 1 aromatic heterocycles. The van der Waals surface area contributed by atoms with E-state index < -0.39 is 0 Å². The van der Waals surface area contributed by atoms with E-state index in [1.54, 1.807) is 4.88 Å². The van der Waals surface area contributed by atoms with Crippen LogP contribution >= 0.6 is 11.3 Å². The lowest BCUT2D eigenvalue weighted by atomic mass is 10.0. The van der Waals surface area contributed by atoms with E-state index >= 15 is 0 Å². The number of aryl methyl sites for hydroxylation is 1. The summed E-state index contributed by atoms with van der Waals surface area (Å²) in [5.41, 5.74) is 0. The van der Waals surface area contributed by atoms with Crippen LogP contribution in [0.5, 0.6) is 0 Å². The van der Waals surface area contributed by atoms with E-state index in [2.05, 4.69) is 43.1 Å². The second-order valence-electron chi connectivity index (χ2n) is 5.59. The molecule has 0 unspecified atom stereocenters. The maximum atomic E-state index is 3.45. The molecule has 2 nitrogen and oxygen atoms in total.